The minimum absolute atomic E-state index is 0.146. The van der Waals surface area contributed by atoms with Crippen LogP contribution in [0.5, 0.6) is 0 Å². The molecule has 0 saturated carbocycles. The molecule has 0 aromatic heterocycles. The van der Waals surface area contributed by atoms with Crippen LogP contribution in [0.25, 0.3) is 0 Å². The van der Waals surface area contributed by atoms with Crippen LogP contribution < -0.4 is 0 Å². The first kappa shape index (κ1) is 13.5. The van der Waals surface area contributed by atoms with Crippen LogP contribution in [-0.4, -0.2) is 34.5 Å². The highest BCUT2D eigenvalue weighted by atomic mass is 79.9. The predicted octanol–water partition coefficient (Wildman–Crippen LogP) is 1.86. The molecule has 2 aliphatic rings. The standard InChI is InChI=1S/C11H9Br2NO4/c1-2-17-10(16)8-9(13)11(18-14-8)4-3-7(15)6(12)5-11/h3-5,9H,2H2,1H3/t9-,11+/m0/s1. The Bertz CT molecular complexity index is 497. The highest BCUT2D eigenvalue weighted by molar-refractivity contribution is 9.12. The molecule has 1 aliphatic heterocycles. The molecule has 5 nitrogen and oxygen atoms in total. The van der Waals surface area contributed by atoms with Gasteiger partial charge in [0.2, 0.25) is 0 Å². The van der Waals surface area contributed by atoms with E-state index in [4.69, 9.17) is 9.57 Å². The number of rotatable bonds is 2. The molecular formula is C11H9Br2NO4. The van der Waals surface area contributed by atoms with Gasteiger partial charge in [0.15, 0.2) is 17.1 Å². The maximum absolute atomic E-state index is 11.6. The van der Waals surface area contributed by atoms with Crippen molar-refractivity contribution in [2.45, 2.75) is 17.4 Å². The van der Waals surface area contributed by atoms with Crippen molar-refractivity contribution in [2.24, 2.45) is 5.16 Å². The molecule has 2 atom stereocenters. The maximum Gasteiger partial charge on any atom is 0.357 e. The Balaban J connectivity index is 2.25. The molecule has 0 aromatic carbocycles. The number of hydrogen-bond donors (Lipinski definition) is 0. The van der Waals surface area contributed by atoms with E-state index in [1.54, 1.807) is 19.1 Å². The molecule has 0 saturated heterocycles. The predicted molar refractivity (Wildman–Crippen MR) is 71.8 cm³/mol. The third-order valence-corrected chi connectivity index (χ3v) is 4.27. The highest BCUT2D eigenvalue weighted by Gasteiger charge is 2.49. The van der Waals surface area contributed by atoms with Crippen molar-refractivity contribution in [3.05, 3.63) is 22.7 Å². The molecule has 0 fully saturated rings. The summed E-state index contributed by atoms with van der Waals surface area (Å²) in [4.78, 5) is 27.8. The molecule has 0 unspecified atom stereocenters. The second kappa shape index (κ2) is 4.97. The van der Waals surface area contributed by atoms with Crippen LogP contribution >= 0.6 is 31.9 Å². The number of carbonyl (C=O) groups is 2. The number of ketones is 1. The smallest absolute Gasteiger partial charge is 0.357 e. The number of oxime groups is 1. The average molecular weight is 379 g/mol. The van der Waals surface area contributed by atoms with Gasteiger partial charge in [-0.2, -0.15) is 0 Å². The van der Waals surface area contributed by atoms with Gasteiger partial charge in [-0.3, -0.25) is 4.79 Å². The molecule has 0 bridgehead atoms. The fraction of sp³-hybridized carbons (Fsp3) is 0.364. The third kappa shape index (κ3) is 2.16. The average Bonchev–Trinajstić information content (AvgIpc) is 2.63. The zero-order valence-electron chi connectivity index (χ0n) is 9.35. The van der Waals surface area contributed by atoms with Crippen molar-refractivity contribution in [3.8, 4) is 0 Å². The summed E-state index contributed by atoms with van der Waals surface area (Å²) in [6.07, 6.45) is 4.52. The Morgan fingerprint density at radius 1 is 1.67 bits per heavy atom. The van der Waals surface area contributed by atoms with Crippen LogP contribution in [0.15, 0.2) is 27.9 Å². The number of esters is 1. The summed E-state index contributed by atoms with van der Waals surface area (Å²) in [5.74, 6) is -0.695. The van der Waals surface area contributed by atoms with Gasteiger partial charge < -0.3 is 9.57 Å². The summed E-state index contributed by atoms with van der Waals surface area (Å²) >= 11 is 6.50. The maximum atomic E-state index is 11.6. The van der Waals surface area contributed by atoms with Crippen LogP contribution in [0.1, 0.15) is 6.92 Å². The van der Waals surface area contributed by atoms with Gasteiger partial charge in [-0.05, 0) is 41.1 Å². The molecule has 1 heterocycles. The van der Waals surface area contributed by atoms with E-state index in [1.165, 1.54) is 6.08 Å². The SMILES string of the molecule is CCOC(=O)C1=NO[C@@]2(C=CC(=O)C(Br)=C2)[C@H]1Br. The molecule has 2 rings (SSSR count). The lowest BCUT2D eigenvalue weighted by Gasteiger charge is -2.25. The number of ether oxygens (including phenoxy) is 1. The van der Waals surface area contributed by atoms with E-state index in [0.717, 1.165) is 0 Å². The quantitative estimate of drug-likeness (QED) is 0.543. The van der Waals surface area contributed by atoms with Gasteiger partial charge in [0.1, 0.15) is 4.83 Å². The summed E-state index contributed by atoms with van der Waals surface area (Å²) in [6.45, 7) is 1.97. The second-order valence-electron chi connectivity index (χ2n) is 3.69. The first-order valence-electron chi connectivity index (χ1n) is 5.19. The molecule has 96 valence electrons. The lowest BCUT2D eigenvalue weighted by atomic mass is 9.92. The van der Waals surface area contributed by atoms with Gasteiger partial charge in [-0.1, -0.05) is 21.1 Å². The van der Waals surface area contributed by atoms with Crippen molar-refractivity contribution in [1.82, 2.24) is 0 Å². The van der Waals surface area contributed by atoms with Crippen molar-refractivity contribution in [3.63, 3.8) is 0 Å². The van der Waals surface area contributed by atoms with E-state index in [2.05, 4.69) is 37.0 Å². The summed E-state index contributed by atoms with van der Waals surface area (Å²) in [7, 11) is 0. The van der Waals surface area contributed by atoms with Crippen LogP contribution in [0.4, 0.5) is 0 Å². The molecule has 0 N–H and O–H groups in total. The van der Waals surface area contributed by atoms with Crippen molar-refractivity contribution in [1.29, 1.82) is 0 Å². The highest BCUT2D eigenvalue weighted by Crippen LogP contribution is 2.37. The van der Waals surface area contributed by atoms with Crippen LogP contribution in [0.3, 0.4) is 0 Å². The second-order valence-corrected chi connectivity index (χ2v) is 5.46. The van der Waals surface area contributed by atoms with Gasteiger partial charge >= 0.3 is 5.97 Å². The first-order valence-corrected chi connectivity index (χ1v) is 6.90. The van der Waals surface area contributed by atoms with Gasteiger partial charge in [0.25, 0.3) is 0 Å². The van der Waals surface area contributed by atoms with Crippen molar-refractivity contribution in [2.75, 3.05) is 6.61 Å². The molecule has 0 radical (unpaired) electrons. The van der Waals surface area contributed by atoms with Gasteiger partial charge in [0.05, 0.1) is 11.1 Å². The lowest BCUT2D eigenvalue weighted by Crippen LogP contribution is -2.40. The zero-order valence-corrected chi connectivity index (χ0v) is 12.5. The number of alkyl halides is 1. The Kier molecular flexibility index (Phi) is 3.72. The van der Waals surface area contributed by atoms with E-state index in [0.29, 0.717) is 4.48 Å². The number of hydrogen-bond acceptors (Lipinski definition) is 5. The molecule has 18 heavy (non-hydrogen) atoms. The Hall–Kier alpha value is -0.950. The minimum Gasteiger partial charge on any atom is -0.461 e. The Morgan fingerprint density at radius 3 is 3.00 bits per heavy atom. The molecule has 0 amide bonds. The zero-order chi connectivity index (χ0) is 13.3. The molecule has 7 heteroatoms. The van der Waals surface area contributed by atoms with Crippen molar-refractivity contribution >= 4 is 49.3 Å². The number of halogens is 2. The Labute approximate surface area is 120 Å². The van der Waals surface area contributed by atoms with Gasteiger partial charge in [0, 0.05) is 0 Å². The molecular weight excluding hydrogens is 370 g/mol. The van der Waals surface area contributed by atoms with Crippen molar-refractivity contribution < 1.29 is 19.2 Å². The minimum atomic E-state index is -0.963. The fourth-order valence-corrected chi connectivity index (χ4v) is 2.73. The van der Waals surface area contributed by atoms with Crippen LogP contribution in [0.2, 0.25) is 0 Å². The number of allylic oxidation sites excluding steroid dienone is 2. The van der Waals surface area contributed by atoms with Gasteiger partial charge in [-0.15, -0.1) is 0 Å². The third-order valence-electron chi connectivity index (χ3n) is 2.51. The van der Waals surface area contributed by atoms with Gasteiger partial charge in [-0.25, -0.2) is 4.79 Å². The fourth-order valence-electron chi connectivity index (χ4n) is 1.60. The van der Waals surface area contributed by atoms with E-state index in [-0.39, 0.29) is 18.1 Å². The van der Waals surface area contributed by atoms with Crippen LogP contribution in [0, 0.1) is 0 Å². The summed E-state index contributed by atoms with van der Waals surface area (Å²) in [5.41, 5.74) is -0.818. The lowest BCUT2D eigenvalue weighted by molar-refractivity contribution is -0.135. The molecule has 1 spiro atoms. The summed E-state index contributed by atoms with van der Waals surface area (Å²) in [5, 5.41) is 3.74. The largest absolute Gasteiger partial charge is 0.461 e. The molecule has 1 aliphatic carbocycles. The number of nitrogens with zero attached hydrogens (tertiary/aromatic N) is 1. The summed E-state index contributed by atoms with van der Waals surface area (Å²) < 4.78 is 5.25. The van der Waals surface area contributed by atoms with E-state index in [9.17, 15) is 9.59 Å². The first-order chi connectivity index (χ1) is 8.50. The Morgan fingerprint density at radius 2 is 2.39 bits per heavy atom. The number of carbonyl (C=O) groups excluding carboxylic acids is 2. The van der Waals surface area contributed by atoms with E-state index >= 15 is 0 Å². The topological polar surface area (TPSA) is 65.0 Å². The van der Waals surface area contributed by atoms with Crippen LogP contribution in [-0.2, 0) is 19.2 Å². The summed E-state index contributed by atoms with van der Waals surface area (Å²) in [6, 6.07) is 0. The van der Waals surface area contributed by atoms with E-state index < -0.39 is 16.4 Å². The van der Waals surface area contributed by atoms with E-state index in [1.807, 2.05) is 0 Å². The molecule has 0 aromatic rings. The monoisotopic (exact) mass is 377 g/mol. The normalized spacial score (nSPS) is 29.9.